The molecule has 1 saturated heterocycles. The number of rotatable bonds is 6. The molecule has 0 spiro atoms. The Balaban J connectivity index is 1.54. The molecule has 0 saturated carbocycles. The van der Waals surface area contributed by atoms with Gasteiger partial charge in [-0.05, 0) is 60.5 Å². The monoisotopic (exact) mass is 387 g/mol. The van der Waals surface area contributed by atoms with Gasteiger partial charge >= 0.3 is 0 Å². The molecule has 1 heterocycles. The molecule has 0 aromatic heterocycles. The van der Waals surface area contributed by atoms with Crippen molar-refractivity contribution < 1.29 is 4.79 Å². The van der Waals surface area contributed by atoms with Crippen LogP contribution >= 0.6 is 0 Å². The summed E-state index contributed by atoms with van der Waals surface area (Å²) in [6.45, 7) is 2.79. The highest BCUT2D eigenvalue weighted by Crippen LogP contribution is 2.26. The van der Waals surface area contributed by atoms with Gasteiger partial charge in [0.25, 0.3) is 5.91 Å². The van der Waals surface area contributed by atoms with Gasteiger partial charge in [0.1, 0.15) is 0 Å². The summed E-state index contributed by atoms with van der Waals surface area (Å²) >= 11 is 0. The van der Waals surface area contributed by atoms with Gasteiger partial charge in [0, 0.05) is 31.9 Å². The minimum absolute atomic E-state index is 0.00379. The van der Waals surface area contributed by atoms with Crippen molar-refractivity contribution in [3.8, 4) is 0 Å². The number of hydrogen-bond acceptors (Lipinski definition) is 3. The minimum Gasteiger partial charge on any atom is -0.378 e. The Bertz CT molecular complexity index is 970. The normalized spacial score (nSPS) is 15.4. The van der Waals surface area contributed by atoms with E-state index < -0.39 is 0 Å². The van der Waals surface area contributed by atoms with E-state index in [0.29, 0.717) is 6.54 Å². The van der Waals surface area contributed by atoms with Crippen LogP contribution in [0.1, 0.15) is 34.8 Å². The number of carbonyl (C=O) groups is 1. The molecule has 4 rings (SSSR count). The summed E-state index contributed by atoms with van der Waals surface area (Å²) in [6, 6.07) is 22.9. The lowest BCUT2D eigenvalue weighted by molar-refractivity contribution is 0.0939. The molecule has 3 aromatic carbocycles. The average Bonchev–Trinajstić information content (AvgIpc) is 3.28. The molecule has 0 aliphatic carbocycles. The van der Waals surface area contributed by atoms with Crippen LogP contribution in [0.4, 0.5) is 5.69 Å². The number of amides is 1. The lowest BCUT2D eigenvalue weighted by atomic mass is 10.0. The molecule has 1 aliphatic rings. The highest BCUT2D eigenvalue weighted by molar-refractivity contribution is 6.07. The van der Waals surface area contributed by atoms with Gasteiger partial charge in [0.05, 0.1) is 6.04 Å². The smallest absolute Gasteiger partial charge is 0.251 e. The van der Waals surface area contributed by atoms with E-state index in [0.717, 1.165) is 29.4 Å². The predicted octanol–water partition coefficient (Wildman–Crippen LogP) is 4.47. The zero-order chi connectivity index (χ0) is 20.2. The summed E-state index contributed by atoms with van der Waals surface area (Å²) < 4.78 is 0. The van der Waals surface area contributed by atoms with E-state index in [1.54, 1.807) is 0 Å². The molecule has 1 aliphatic heterocycles. The summed E-state index contributed by atoms with van der Waals surface area (Å²) in [4.78, 5) is 17.6. The Morgan fingerprint density at radius 1 is 0.966 bits per heavy atom. The fourth-order valence-electron chi connectivity index (χ4n) is 4.21. The van der Waals surface area contributed by atoms with E-state index >= 15 is 0 Å². The Morgan fingerprint density at radius 2 is 1.66 bits per heavy atom. The zero-order valence-corrected chi connectivity index (χ0v) is 17.3. The minimum atomic E-state index is -0.00379. The maximum atomic E-state index is 13.0. The summed E-state index contributed by atoms with van der Waals surface area (Å²) in [5, 5.41) is 5.31. The first-order valence-electron chi connectivity index (χ1n) is 10.4. The molecule has 3 aromatic rings. The lowest BCUT2D eigenvalue weighted by Gasteiger charge is -2.28. The van der Waals surface area contributed by atoms with Crippen LogP contribution in [-0.4, -0.2) is 44.5 Å². The van der Waals surface area contributed by atoms with Crippen molar-refractivity contribution in [2.45, 2.75) is 18.9 Å². The highest BCUT2D eigenvalue weighted by Gasteiger charge is 2.24. The van der Waals surface area contributed by atoms with Crippen LogP contribution in [0, 0.1) is 0 Å². The molecule has 1 fully saturated rings. The fraction of sp³-hybridized carbons (Fsp3) is 0.320. The van der Waals surface area contributed by atoms with Crippen molar-refractivity contribution in [3.05, 3.63) is 77.9 Å². The summed E-state index contributed by atoms with van der Waals surface area (Å²) in [5.74, 6) is -0.00379. The Labute approximate surface area is 173 Å². The Kier molecular flexibility index (Phi) is 5.81. The van der Waals surface area contributed by atoms with Crippen molar-refractivity contribution >= 4 is 22.4 Å². The van der Waals surface area contributed by atoms with Crippen LogP contribution < -0.4 is 10.2 Å². The van der Waals surface area contributed by atoms with E-state index in [9.17, 15) is 4.79 Å². The van der Waals surface area contributed by atoms with Crippen LogP contribution in [-0.2, 0) is 0 Å². The second-order valence-electron chi connectivity index (χ2n) is 7.98. The quantitative estimate of drug-likeness (QED) is 0.678. The molecule has 4 heteroatoms. The maximum absolute atomic E-state index is 13.0. The van der Waals surface area contributed by atoms with Gasteiger partial charge in [-0.2, -0.15) is 0 Å². The predicted molar refractivity (Wildman–Crippen MR) is 121 cm³/mol. The number of anilines is 1. The number of hydrogen-bond donors (Lipinski definition) is 1. The molecule has 0 radical (unpaired) electrons. The number of nitrogens with one attached hydrogen (secondary N) is 1. The zero-order valence-electron chi connectivity index (χ0n) is 17.3. The number of likely N-dealkylation sites (tertiary alicyclic amines) is 1. The van der Waals surface area contributed by atoms with Gasteiger partial charge in [0.2, 0.25) is 0 Å². The number of fused-ring (bicyclic) bond motifs is 1. The lowest BCUT2D eigenvalue weighted by Crippen LogP contribution is -2.36. The van der Waals surface area contributed by atoms with E-state index in [1.807, 2.05) is 42.5 Å². The standard InChI is InChI=1S/C25H29N3O/c1-27(2)21-14-12-20(13-15-21)24(28-16-5-6-17-28)18-26-25(29)23-11-7-9-19-8-3-4-10-22(19)23/h3-4,7-15,24H,5-6,16-18H2,1-2H3,(H,26,29)/t24-/m0/s1. The molecule has 150 valence electrons. The molecular weight excluding hydrogens is 358 g/mol. The Hall–Kier alpha value is -2.85. The van der Waals surface area contributed by atoms with Crippen LogP contribution in [0.25, 0.3) is 10.8 Å². The van der Waals surface area contributed by atoms with Crippen molar-refractivity contribution in [2.24, 2.45) is 0 Å². The molecular formula is C25H29N3O. The summed E-state index contributed by atoms with van der Waals surface area (Å²) in [6.07, 6.45) is 2.45. The highest BCUT2D eigenvalue weighted by atomic mass is 16.1. The summed E-state index contributed by atoms with van der Waals surface area (Å²) in [7, 11) is 4.11. The van der Waals surface area contributed by atoms with Gasteiger partial charge < -0.3 is 10.2 Å². The van der Waals surface area contributed by atoms with Crippen molar-refractivity contribution in [1.29, 1.82) is 0 Å². The molecule has 0 bridgehead atoms. The first-order valence-corrected chi connectivity index (χ1v) is 10.4. The van der Waals surface area contributed by atoms with Crippen LogP contribution in [0.15, 0.2) is 66.7 Å². The van der Waals surface area contributed by atoms with Gasteiger partial charge in [0.15, 0.2) is 0 Å². The van der Waals surface area contributed by atoms with Crippen LogP contribution in [0.2, 0.25) is 0 Å². The van der Waals surface area contributed by atoms with Crippen LogP contribution in [0.3, 0.4) is 0 Å². The maximum Gasteiger partial charge on any atom is 0.251 e. The third-order valence-electron chi connectivity index (χ3n) is 5.87. The molecule has 29 heavy (non-hydrogen) atoms. The second-order valence-corrected chi connectivity index (χ2v) is 7.98. The van der Waals surface area contributed by atoms with E-state index in [1.165, 1.54) is 24.1 Å². The third-order valence-corrected chi connectivity index (χ3v) is 5.87. The van der Waals surface area contributed by atoms with Crippen LogP contribution in [0.5, 0.6) is 0 Å². The van der Waals surface area contributed by atoms with Gasteiger partial charge in [-0.1, -0.05) is 48.5 Å². The molecule has 1 amide bonds. The first-order chi connectivity index (χ1) is 14.1. The van der Waals surface area contributed by atoms with E-state index in [2.05, 4.69) is 53.5 Å². The number of benzene rings is 3. The molecule has 0 unspecified atom stereocenters. The number of nitrogens with zero attached hydrogens (tertiary/aromatic N) is 2. The molecule has 4 nitrogen and oxygen atoms in total. The van der Waals surface area contributed by atoms with E-state index in [4.69, 9.17) is 0 Å². The Morgan fingerprint density at radius 3 is 2.38 bits per heavy atom. The topological polar surface area (TPSA) is 35.6 Å². The molecule has 1 N–H and O–H groups in total. The fourth-order valence-corrected chi connectivity index (χ4v) is 4.21. The summed E-state index contributed by atoms with van der Waals surface area (Å²) in [5.41, 5.74) is 3.19. The van der Waals surface area contributed by atoms with Gasteiger partial charge in [-0.25, -0.2) is 0 Å². The van der Waals surface area contributed by atoms with Gasteiger partial charge in [-0.3, -0.25) is 9.69 Å². The van der Waals surface area contributed by atoms with Crippen molar-refractivity contribution in [1.82, 2.24) is 10.2 Å². The van der Waals surface area contributed by atoms with Crippen molar-refractivity contribution in [3.63, 3.8) is 0 Å². The SMILES string of the molecule is CN(C)c1ccc([C@H](CNC(=O)c2cccc3ccccc23)N2CCCC2)cc1. The second kappa shape index (κ2) is 8.66. The third kappa shape index (κ3) is 4.28. The van der Waals surface area contributed by atoms with Crippen molar-refractivity contribution in [2.75, 3.05) is 38.6 Å². The van der Waals surface area contributed by atoms with E-state index in [-0.39, 0.29) is 11.9 Å². The van der Waals surface area contributed by atoms with Gasteiger partial charge in [-0.15, -0.1) is 0 Å². The largest absolute Gasteiger partial charge is 0.378 e. The average molecular weight is 388 g/mol. The number of carbonyl (C=O) groups excluding carboxylic acids is 1. The first kappa shape index (κ1) is 19.5. The molecule has 1 atom stereocenters.